The van der Waals surface area contributed by atoms with Crippen molar-refractivity contribution in [2.75, 3.05) is 16.4 Å². The molecule has 9 heteroatoms. The van der Waals surface area contributed by atoms with Gasteiger partial charge in [0.2, 0.25) is 5.91 Å². The summed E-state index contributed by atoms with van der Waals surface area (Å²) in [5, 5.41) is 16.0. The molecule has 0 atom stereocenters. The van der Waals surface area contributed by atoms with E-state index in [1.165, 1.54) is 42.3 Å². The zero-order valence-electron chi connectivity index (χ0n) is 14.5. The summed E-state index contributed by atoms with van der Waals surface area (Å²) in [5.74, 6) is -0.250. The van der Waals surface area contributed by atoms with E-state index in [-0.39, 0.29) is 29.0 Å². The fraction of sp³-hybridized carbons (Fsp3) is 0.0526. The van der Waals surface area contributed by atoms with Crippen molar-refractivity contribution in [3.63, 3.8) is 0 Å². The van der Waals surface area contributed by atoms with Gasteiger partial charge in [0.15, 0.2) is 5.76 Å². The number of hydrogen-bond acceptors (Lipinski definition) is 6. The van der Waals surface area contributed by atoms with Gasteiger partial charge in [0, 0.05) is 28.4 Å². The van der Waals surface area contributed by atoms with Crippen molar-refractivity contribution in [2.24, 2.45) is 0 Å². The number of nitrogens with zero attached hydrogens (tertiary/aromatic N) is 1. The van der Waals surface area contributed by atoms with Crippen LogP contribution in [0.5, 0.6) is 0 Å². The lowest BCUT2D eigenvalue weighted by Gasteiger charge is -2.07. The van der Waals surface area contributed by atoms with Gasteiger partial charge in [0.25, 0.3) is 11.6 Å². The molecule has 3 aromatic rings. The number of benzene rings is 2. The Labute approximate surface area is 164 Å². The van der Waals surface area contributed by atoms with Crippen molar-refractivity contribution in [1.29, 1.82) is 0 Å². The highest BCUT2D eigenvalue weighted by Crippen LogP contribution is 2.23. The fourth-order valence-electron chi connectivity index (χ4n) is 2.28. The Balaban J connectivity index is 1.53. The summed E-state index contributed by atoms with van der Waals surface area (Å²) < 4.78 is 5.05. The molecule has 0 saturated carbocycles. The number of nitro benzene ring substituents is 1. The summed E-state index contributed by atoms with van der Waals surface area (Å²) >= 11 is 1.30. The summed E-state index contributed by atoms with van der Waals surface area (Å²) in [7, 11) is 0. The highest BCUT2D eigenvalue weighted by atomic mass is 32.2. The van der Waals surface area contributed by atoms with E-state index in [0.717, 1.165) is 4.90 Å². The third-order valence-electron chi connectivity index (χ3n) is 3.57. The van der Waals surface area contributed by atoms with Crippen molar-refractivity contribution < 1.29 is 18.9 Å². The molecule has 0 unspecified atom stereocenters. The molecule has 3 rings (SSSR count). The number of carbonyl (C=O) groups is 2. The van der Waals surface area contributed by atoms with Crippen molar-refractivity contribution in [2.45, 2.75) is 4.90 Å². The minimum Gasteiger partial charge on any atom is -0.459 e. The Morgan fingerprint density at radius 2 is 1.79 bits per heavy atom. The molecule has 2 N–H and O–H groups in total. The molecule has 0 fully saturated rings. The van der Waals surface area contributed by atoms with Gasteiger partial charge in [0.05, 0.1) is 16.9 Å². The van der Waals surface area contributed by atoms with E-state index in [1.807, 2.05) is 6.07 Å². The topological polar surface area (TPSA) is 114 Å². The predicted octanol–water partition coefficient (Wildman–Crippen LogP) is 4.17. The zero-order valence-corrected chi connectivity index (χ0v) is 15.3. The van der Waals surface area contributed by atoms with Gasteiger partial charge in [-0.3, -0.25) is 19.7 Å². The van der Waals surface area contributed by atoms with Crippen LogP contribution in [-0.2, 0) is 4.79 Å². The van der Waals surface area contributed by atoms with Gasteiger partial charge in [-0.25, -0.2) is 0 Å². The molecule has 28 heavy (non-hydrogen) atoms. The molecule has 0 bridgehead atoms. The van der Waals surface area contributed by atoms with E-state index in [1.54, 1.807) is 30.3 Å². The van der Waals surface area contributed by atoms with Gasteiger partial charge in [-0.15, -0.1) is 11.8 Å². The van der Waals surface area contributed by atoms with Crippen LogP contribution < -0.4 is 10.6 Å². The standard InChI is InChI=1S/C19H15N3O5S/c23-18(20-13-6-8-15(9-7-13)22(25)26)12-28-16-4-1-3-14(11-16)21-19(24)17-5-2-10-27-17/h1-11H,12H2,(H,20,23)(H,21,24). The number of carbonyl (C=O) groups excluding carboxylic acids is 2. The molecule has 0 aliphatic rings. The highest BCUT2D eigenvalue weighted by Gasteiger charge is 2.10. The monoisotopic (exact) mass is 397 g/mol. The van der Waals surface area contributed by atoms with E-state index >= 15 is 0 Å². The van der Waals surface area contributed by atoms with Gasteiger partial charge in [0.1, 0.15) is 0 Å². The Bertz CT molecular complexity index is 987. The van der Waals surface area contributed by atoms with Crippen LogP contribution in [0.1, 0.15) is 10.6 Å². The predicted molar refractivity (Wildman–Crippen MR) is 106 cm³/mol. The number of anilines is 2. The number of nitrogens with one attached hydrogen (secondary N) is 2. The van der Waals surface area contributed by atoms with Crippen LogP contribution in [0.25, 0.3) is 0 Å². The zero-order chi connectivity index (χ0) is 19.9. The average Bonchev–Trinajstić information content (AvgIpc) is 3.22. The molecule has 2 amide bonds. The van der Waals surface area contributed by atoms with E-state index < -0.39 is 4.92 Å². The number of rotatable bonds is 7. The Hall–Kier alpha value is -3.59. The maximum Gasteiger partial charge on any atom is 0.291 e. The second-order valence-corrected chi connectivity index (χ2v) is 6.65. The average molecular weight is 397 g/mol. The summed E-state index contributed by atoms with van der Waals surface area (Å²) in [6.07, 6.45) is 1.42. The van der Waals surface area contributed by atoms with Crippen LogP contribution in [0, 0.1) is 10.1 Å². The molecule has 0 radical (unpaired) electrons. The van der Waals surface area contributed by atoms with Gasteiger partial charge in [-0.1, -0.05) is 6.07 Å². The van der Waals surface area contributed by atoms with Crippen molar-refractivity contribution in [3.05, 3.63) is 82.8 Å². The van der Waals surface area contributed by atoms with Crippen LogP contribution in [0.3, 0.4) is 0 Å². The molecular formula is C19H15N3O5S. The van der Waals surface area contributed by atoms with Crippen LogP contribution in [0.4, 0.5) is 17.1 Å². The minimum absolute atomic E-state index is 0.0409. The fourth-order valence-corrected chi connectivity index (χ4v) is 3.03. The maximum atomic E-state index is 12.1. The maximum absolute atomic E-state index is 12.1. The summed E-state index contributed by atoms with van der Waals surface area (Å²) in [6.45, 7) is 0. The molecule has 2 aromatic carbocycles. The Kier molecular flexibility index (Phi) is 6.07. The number of amides is 2. The first-order chi connectivity index (χ1) is 13.5. The summed E-state index contributed by atoms with van der Waals surface area (Å²) in [5.41, 5.74) is 1.03. The van der Waals surface area contributed by atoms with Crippen molar-refractivity contribution >= 4 is 40.6 Å². The molecule has 0 aliphatic carbocycles. The molecule has 1 heterocycles. The van der Waals surface area contributed by atoms with Crippen LogP contribution in [0.2, 0.25) is 0 Å². The highest BCUT2D eigenvalue weighted by molar-refractivity contribution is 8.00. The SMILES string of the molecule is O=C(CSc1cccc(NC(=O)c2ccco2)c1)Nc1ccc([N+](=O)[O-])cc1. The third-order valence-corrected chi connectivity index (χ3v) is 4.56. The Morgan fingerprint density at radius 3 is 2.46 bits per heavy atom. The van der Waals surface area contributed by atoms with E-state index in [2.05, 4.69) is 10.6 Å². The summed E-state index contributed by atoms with van der Waals surface area (Å²) in [4.78, 5) is 35.0. The first-order valence-electron chi connectivity index (χ1n) is 8.13. The lowest BCUT2D eigenvalue weighted by atomic mass is 10.3. The van der Waals surface area contributed by atoms with Crippen molar-refractivity contribution in [1.82, 2.24) is 0 Å². The second kappa shape index (κ2) is 8.87. The lowest BCUT2D eigenvalue weighted by molar-refractivity contribution is -0.384. The molecular weight excluding hydrogens is 382 g/mol. The van der Waals surface area contributed by atoms with Crippen LogP contribution in [0.15, 0.2) is 76.2 Å². The van der Waals surface area contributed by atoms with Crippen molar-refractivity contribution in [3.8, 4) is 0 Å². The first kappa shape index (κ1) is 19.2. The van der Waals surface area contributed by atoms with Crippen LogP contribution in [-0.4, -0.2) is 22.5 Å². The second-order valence-electron chi connectivity index (χ2n) is 5.60. The largest absolute Gasteiger partial charge is 0.459 e. The molecule has 0 saturated heterocycles. The van der Waals surface area contributed by atoms with Gasteiger partial charge in [-0.2, -0.15) is 0 Å². The first-order valence-corrected chi connectivity index (χ1v) is 9.12. The molecule has 8 nitrogen and oxygen atoms in total. The number of hydrogen-bond donors (Lipinski definition) is 2. The molecule has 0 aliphatic heterocycles. The molecule has 0 spiro atoms. The van der Waals surface area contributed by atoms with E-state index in [4.69, 9.17) is 4.42 Å². The Morgan fingerprint density at radius 1 is 1.00 bits per heavy atom. The van der Waals surface area contributed by atoms with E-state index in [9.17, 15) is 19.7 Å². The quantitative estimate of drug-likeness (QED) is 0.351. The van der Waals surface area contributed by atoms with E-state index in [0.29, 0.717) is 11.4 Å². The van der Waals surface area contributed by atoms with Gasteiger partial charge >= 0.3 is 0 Å². The van der Waals surface area contributed by atoms with Gasteiger partial charge in [-0.05, 0) is 42.5 Å². The van der Waals surface area contributed by atoms with Gasteiger partial charge < -0.3 is 15.1 Å². The minimum atomic E-state index is -0.501. The van der Waals surface area contributed by atoms with Crippen LogP contribution >= 0.6 is 11.8 Å². The normalized spacial score (nSPS) is 10.3. The number of thioether (sulfide) groups is 1. The smallest absolute Gasteiger partial charge is 0.291 e. The number of non-ortho nitro benzene ring substituents is 1. The number of furan rings is 1. The molecule has 142 valence electrons. The summed E-state index contributed by atoms with van der Waals surface area (Å²) in [6, 6.07) is 15.9. The third kappa shape index (κ3) is 5.21. The lowest BCUT2D eigenvalue weighted by Crippen LogP contribution is -2.14. The molecule has 1 aromatic heterocycles. The number of nitro groups is 1.